The summed E-state index contributed by atoms with van der Waals surface area (Å²) < 4.78 is 47.7. The number of halogens is 4. The van der Waals surface area contributed by atoms with Crippen molar-refractivity contribution in [3.05, 3.63) is 78.9 Å². The first-order valence-corrected chi connectivity index (χ1v) is 7.48. The van der Waals surface area contributed by atoms with Crippen LogP contribution in [0.1, 0.15) is 10.4 Å². The second-order valence-corrected chi connectivity index (χ2v) is 5.10. The monoisotopic (exact) mass is 366 g/mol. The smallest absolute Gasteiger partial charge is 0.465 e. The molecule has 0 spiro atoms. The van der Waals surface area contributed by atoms with Crippen LogP contribution in [0.15, 0.2) is 73.3 Å². The molecular weight excluding hydrogens is 351 g/mol. The van der Waals surface area contributed by atoms with E-state index in [1.807, 2.05) is 70.3 Å². The van der Waals surface area contributed by atoms with Gasteiger partial charge in [0.1, 0.15) is 23.8 Å². The fourth-order valence-corrected chi connectivity index (χ4v) is 2.15. The summed E-state index contributed by atoms with van der Waals surface area (Å²) >= 11 is 0. The Labute approximate surface area is 147 Å². The molecule has 9 heteroatoms. The zero-order valence-electron chi connectivity index (χ0n) is 13.7. The van der Waals surface area contributed by atoms with E-state index < -0.39 is 7.25 Å². The highest BCUT2D eigenvalue weighted by molar-refractivity contribution is 6.50. The lowest BCUT2D eigenvalue weighted by atomic mass is 10.2. The average molecular weight is 366 g/mol. The van der Waals surface area contributed by atoms with Crippen LogP contribution in [0, 0.1) is 0 Å². The molecule has 0 saturated carbocycles. The molecule has 0 aliphatic heterocycles. The lowest BCUT2D eigenvalue weighted by Crippen LogP contribution is -2.27. The van der Waals surface area contributed by atoms with Crippen molar-refractivity contribution in [3.8, 4) is 11.4 Å². The number of hydrogen-bond donors (Lipinski definition) is 0. The van der Waals surface area contributed by atoms with Gasteiger partial charge < -0.3 is 22.0 Å². The normalized spacial score (nSPS) is 10.7. The number of carbonyl (C=O) groups excluding carboxylic acids is 1. The Kier molecular flexibility index (Phi) is 6.16. The fourth-order valence-electron chi connectivity index (χ4n) is 2.15. The van der Waals surface area contributed by atoms with Crippen LogP contribution >= 0.6 is 0 Å². The van der Waals surface area contributed by atoms with Gasteiger partial charge in [0, 0.05) is 0 Å². The van der Waals surface area contributed by atoms with Crippen molar-refractivity contribution in [2.24, 2.45) is 0 Å². The minimum atomic E-state index is -6.00. The summed E-state index contributed by atoms with van der Waals surface area (Å²) in [6.07, 6.45) is 5.95. The van der Waals surface area contributed by atoms with E-state index in [-0.39, 0.29) is 5.97 Å². The molecule has 3 aromatic rings. The van der Waals surface area contributed by atoms with Crippen molar-refractivity contribution in [2.45, 2.75) is 0 Å². The second kappa shape index (κ2) is 8.33. The number of para-hydroxylation sites is 1. The lowest BCUT2D eigenvalue weighted by molar-refractivity contribution is -0.594. The number of aromatic nitrogens is 2. The third kappa shape index (κ3) is 5.76. The summed E-state index contributed by atoms with van der Waals surface area (Å²) in [5.41, 5.74) is 2.63. The molecule has 0 saturated heterocycles. The average Bonchev–Trinajstić information content (AvgIpc) is 3.11. The molecule has 0 radical (unpaired) electrons. The van der Waals surface area contributed by atoms with Crippen LogP contribution in [0.2, 0.25) is 0 Å². The Hall–Kier alpha value is -3.10. The summed E-state index contributed by atoms with van der Waals surface area (Å²) in [6.45, 7) is 0. The summed E-state index contributed by atoms with van der Waals surface area (Å²) in [4.78, 5) is 11.4. The number of hydrogen-bond acceptors (Lipinski definition) is 2. The zero-order valence-corrected chi connectivity index (χ0v) is 13.7. The first-order valence-electron chi connectivity index (χ1n) is 7.48. The molecule has 0 amide bonds. The Morgan fingerprint density at radius 1 is 1.00 bits per heavy atom. The van der Waals surface area contributed by atoms with Gasteiger partial charge in [-0.25, -0.2) is 13.9 Å². The molecule has 136 valence electrons. The molecule has 1 heterocycles. The third-order valence-corrected chi connectivity index (χ3v) is 3.28. The number of benzene rings is 2. The minimum absolute atomic E-state index is 0.326. The van der Waals surface area contributed by atoms with Gasteiger partial charge in [-0.2, -0.15) is 0 Å². The Morgan fingerprint density at radius 2 is 1.58 bits per heavy atom. The molecule has 26 heavy (non-hydrogen) atoms. The Morgan fingerprint density at radius 3 is 2.12 bits per heavy atom. The van der Waals surface area contributed by atoms with Crippen molar-refractivity contribution in [3.63, 3.8) is 0 Å². The van der Waals surface area contributed by atoms with Gasteiger partial charge in [0.15, 0.2) is 0 Å². The molecule has 0 bridgehead atoms. The summed E-state index contributed by atoms with van der Waals surface area (Å²) in [6, 6.07) is 17.4. The van der Waals surface area contributed by atoms with Gasteiger partial charge in [0.2, 0.25) is 0 Å². The van der Waals surface area contributed by atoms with Gasteiger partial charge in [0.05, 0.1) is 12.7 Å². The highest BCUT2D eigenvalue weighted by Crippen LogP contribution is 2.08. The van der Waals surface area contributed by atoms with Crippen LogP contribution in [0.3, 0.4) is 0 Å². The van der Waals surface area contributed by atoms with Crippen LogP contribution in [-0.2, 0) is 4.74 Å². The van der Waals surface area contributed by atoms with Gasteiger partial charge in [0.25, 0.3) is 6.33 Å². The van der Waals surface area contributed by atoms with Gasteiger partial charge in [-0.3, -0.25) is 0 Å². The van der Waals surface area contributed by atoms with Crippen LogP contribution in [-0.4, -0.2) is 24.9 Å². The predicted octanol–water partition coefficient (Wildman–Crippen LogP) is 3.84. The van der Waals surface area contributed by atoms with E-state index in [2.05, 4.69) is 0 Å². The largest absolute Gasteiger partial charge is 0.673 e. The van der Waals surface area contributed by atoms with Crippen LogP contribution in [0.4, 0.5) is 17.3 Å². The molecule has 2 aromatic carbocycles. The van der Waals surface area contributed by atoms with E-state index in [9.17, 15) is 22.1 Å². The first kappa shape index (κ1) is 19.2. The first-order chi connectivity index (χ1) is 12.3. The Bertz CT molecular complexity index is 843. The maximum Gasteiger partial charge on any atom is 0.673 e. The molecule has 0 fully saturated rings. The summed E-state index contributed by atoms with van der Waals surface area (Å²) in [5.74, 6) is -0.326. The van der Waals surface area contributed by atoms with E-state index in [1.165, 1.54) is 7.11 Å². The van der Waals surface area contributed by atoms with Gasteiger partial charge >= 0.3 is 13.2 Å². The molecule has 0 atom stereocenters. The van der Waals surface area contributed by atoms with Crippen molar-refractivity contribution in [1.29, 1.82) is 0 Å². The highest BCUT2D eigenvalue weighted by atomic mass is 19.5. The Balaban J connectivity index is 0.000000431. The molecule has 1 aromatic heterocycles. The number of carbonyl (C=O) groups is 1. The molecular formula is C17H15BF4N2O2. The van der Waals surface area contributed by atoms with Gasteiger partial charge in [-0.05, 0) is 36.4 Å². The van der Waals surface area contributed by atoms with Gasteiger partial charge in [-0.15, -0.1) is 0 Å². The lowest BCUT2D eigenvalue weighted by Gasteiger charge is -1.99. The number of imidazole rings is 1. The third-order valence-electron chi connectivity index (χ3n) is 3.28. The van der Waals surface area contributed by atoms with Crippen molar-refractivity contribution in [2.75, 3.05) is 7.11 Å². The number of ether oxygens (including phenoxy) is 1. The van der Waals surface area contributed by atoms with Crippen LogP contribution in [0.25, 0.3) is 11.4 Å². The molecule has 0 aliphatic rings. The second-order valence-electron chi connectivity index (χ2n) is 5.10. The topological polar surface area (TPSA) is 35.1 Å². The minimum Gasteiger partial charge on any atom is -0.465 e. The van der Waals surface area contributed by atoms with E-state index in [1.54, 1.807) is 12.1 Å². The molecule has 0 N–H and O–H groups in total. The number of esters is 1. The summed E-state index contributed by atoms with van der Waals surface area (Å²) in [7, 11) is -4.62. The van der Waals surface area contributed by atoms with Crippen LogP contribution < -0.4 is 4.57 Å². The van der Waals surface area contributed by atoms with Crippen molar-refractivity contribution < 1.29 is 31.4 Å². The molecule has 0 unspecified atom stereocenters. The number of nitrogens with zero attached hydrogens (tertiary/aromatic N) is 2. The maximum absolute atomic E-state index is 11.4. The summed E-state index contributed by atoms with van der Waals surface area (Å²) in [5, 5.41) is 0. The highest BCUT2D eigenvalue weighted by Gasteiger charge is 2.20. The fraction of sp³-hybridized carbons (Fsp3) is 0.0588. The predicted molar refractivity (Wildman–Crippen MR) is 88.8 cm³/mol. The molecule has 0 aliphatic carbocycles. The van der Waals surface area contributed by atoms with E-state index in [0.717, 1.165) is 11.4 Å². The van der Waals surface area contributed by atoms with Crippen molar-refractivity contribution >= 4 is 13.2 Å². The zero-order chi connectivity index (χ0) is 19.2. The molecule has 3 rings (SSSR count). The SMILES string of the molecule is COC(=O)c1ccc(-[n+]2ccn(-c3ccccc3)c2)cc1.F[B-](F)(F)F. The van der Waals surface area contributed by atoms with E-state index in [0.29, 0.717) is 5.56 Å². The number of methoxy groups -OCH3 is 1. The van der Waals surface area contributed by atoms with Gasteiger partial charge in [-0.1, -0.05) is 18.2 Å². The van der Waals surface area contributed by atoms with E-state index in [4.69, 9.17) is 4.74 Å². The molecule has 4 nitrogen and oxygen atoms in total. The van der Waals surface area contributed by atoms with Crippen LogP contribution in [0.5, 0.6) is 0 Å². The maximum atomic E-state index is 11.4. The van der Waals surface area contributed by atoms with Crippen molar-refractivity contribution in [1.82, 2.24) is 4.57 Å². The quantitative estimate of drug-likeness (QED) is 0.306. The standard InChI is InChI=1S/C17H15N2O2.BF4/c1-21-17(20)14-7-9-16(10-8-14)19-12-11-18(13-19)15-5-3-2-4-6-15;2-1(3,4)5/h2-13H,1H3;/q+1;-1. The van der Waals surface area contributed by atoms with E-state index >= 15 is 0 Å². The number of rotatable bonds is 3.